The quantitative estimate of drug-likeness (QED) is 0.827. The largest absolute Gasteiger partial charge is 0.339 e. The monoisotopic (exact) mass is 368 g/mol. The van der Waals surface area contributed by atoms with Gasteiger partial charge in [-0.25, -0.2) is 4.39 Å². The Bertz CT molecular complexity index is 811. The Hall–Kier alpha value is -2.69. The fraction of sp³-hybridized carbons (Fsp3) is 0.364. The molecule has 3 rings (SSSR count). The number of hydrogen-bond donors (Lipinski definition) is 0. The normalized spacial score (nSPS) is 15.5. The molecule has 2 aromatic rings. The molecule has 1 aliphatic rings. The number of nitrogens with zero attached hydrogens (tertiary/aromatic N) is 2. The lowest BCUT2D eigenvalue weighted by Crippen LogP contribution is -2.50. The van der Waals surface area contributed by atoms with Crippen LogP contribution in [0.4, 0.5) is 4.39 Å². The molecule has 0 radical (unpaired) electrons. The van der Waals surface area contributed by atoms with Gasteiger partial charge in [-0.3, -0.25) is 9.59 Å². The van der Waals surface area contributed by atoms with E-state index in [0.29, 0.717) is 38.2 Å². The highest BCUT2D eigenvalue weighted by Crippen LogP contribution is 2.21. The molecule has 1 aliphatic heterocycles. The van der Waals surface area contributed by atoms with Crippen molar-refractivity contribution in [3.05, 3.63) is 71.0 Å². The molecule has 142 valence electrons. The summed E-state index contributed by atoms with van der Waals surface area (Å²) in [7, 11) is 0. The molecule has 5 heteroatoms. The molecule has 0 aromatic heterocycles. The predicted octanol–water partition coefficient (Wildman–Crippen LogP) is 3.61. The predicted molar refractivity (Wildman–Crippen MR) is 103 cm³/mol. The van der Waals surface area contributed by atoms with E-state index in [2.05, 4.69) is 0 Å². The lowest BCUT2D eigenvalue weighted by atomic mass is 9.97. The van der Waals surface area contributed by atoms with Crippen molar-refractivity contribution in [2.45, 2.75) is 26.2 Å². The molecule has 0 saturated carbocycles. The first-order chi connectivity index (χ1) is 12.9. The van der Waals surface area contributed by atoms with E-state index >= 15 is 0 Å². The number of amides is 2. The summed E-state index contributed by atoms with van der Waals surface area (Å²) >= 11 is 0. The number of carbonyl (C=O) groups excluding carboxylic acids is 2. The number of aryl methyl sites for hydroxylation is 1. The van der Waals surface area contributed by atoms with Crippen LogP contribution in [0.3, 0.4) is 0 Å². The minimum Gasteiger partial charge on any atom is -0.339 e. The second kappa shape index (κ2) is 8.33. The van der Waals surface area contributed by atoms with Gasteiger partial charge in [0.2, 0.25) is 5.91 Å². The average Bonchev–Trinajstić information content (AvgIpc) is 2.68. The van der Waals surface area contributed by atoms with Gasteiger partial charge in [0.25, 0.3) is 5.91 Å². The topological polar surface area (TPSA) is 40.6 Å². The van der Waals surface area contributed by atoms with Gasteiger partial charge >= 0.3 is 0 Å². The van der Waals surface area contributed by atoms with Crippen LogP contribution in [-0.4, -0.2) is 47.8 Å². The third kappa shape index (κ3) is 4.73. The maximum absolute atomic E-state index is 13.0. The standard InChI is InChI=1S/C22H25FN2O2/c1-16-4-3-5-19(14-16)22(27)25-12-10-24(11-13-25)21(26)15-17(2)18-6-8-20(23)9-7-18/h3-9,14,17H,10-13,15H2,1-2H3. The zero-order chi connectivity index (χ0) is 19.4. The lowest BCUT2D eigenvalue weighted by molar-refractivity contribution is -0.133. The molecular weight excluding hydrogens is 343 g/mol. The fourth-order valence-corrected chi connectivity index (χ4v) is 3.42. The third-order valence-electron chi connectivity index (χ3n) is 5.10. The Morgan fingerprint density at radius 2 is 1.63 bits per heavy atom. The molecule has 0 aliphatic carbocycles. The minimum absolute atomic E-state index is 0.0190. The third-order valence-corrected chi connectivity index (χ3v) is 5.10. The summed E-state index contributed by atoms with van der Waals surface area (Å²) in [4.78, 5) is 28.8. The van der Waals surface area contributed by atoms with E-state index in [4.69, 9.17) is 0 Å². The Labute approximate surface area is 159 Å². The van der Waals surface area contributed by atoms with Gasteiger partial charge in [0.05, 0.1) is 0 Å². The molecule has 1 saturated heterocycles. The highest BCUT2D eigenvalue weighted by atomic mass is 19.1. The van der Waals surface area contributed by atoms with E-state index < -0.39 is 0 Å². The van der Waals surface area contributed by atoms with Gasteiger partial charge in [0, 0.05) is 38.2 Å². The van der Waals surface area contributed by atoms with Crippen molar-refractivity contribution in [3.8, 4) is 0 Å². The van der Waals surface area contributed by atoms with Crippen molar-refractivity contribution in [1.29, 1.82) is 0 Å². The van der Waals surface area contributed by atoms with Crippen molar-refractivity contribution >= 4 is 11.8 Å². The Morgan fingerprint density at radius 1 is 1.00 bits per heavy atom. The zero-order valence-corrected chi connectivity index (χ0v) is 15.8. The summed E-state index contributed by atoms with van der Waals surface area (Å²) in [6.45, 7) is 6.13. The first-order valence-electron chi connectivity index (χ1n) is 9.33. The smallest absolute Gasteiger partial charge is 0.253 e. The van der Waals surface area contributed by atoms with Crippen LogP contribution >= 0.6 is 0 Å². The molecule has 4 nitrogen and oxygen atoms in total. The molecule has 27 heavy (non-hydrogen) atoms. The summed E-state index contributed by atoms with van der Waals surface area (Å²) < 4.78 is 13.0. The lowest BCUT2D eigenvalue weighted by Gasteiger charge is -2.35. The Balaban J connectivity index is 1.53. The number of rotatable bonds is 4. The number of carbonyl (C=O) groups is 2. The summed E-state index contributed by atoms with van der Waals surface area (Å²) in [5.74, 6) is -0.142. The summed E-state index contributed by atoms with van der Waals surface area (Å²) in [6, 6.07) is 13.9. The van der Waals surface area contributed by atoms with Gasteiger partial charge in [0.1, 0.15) is 5.82 Å². The highest BCUT2D eigenvalue weighted by molar-refractivity contribution is 5.94. The van der Waals surface area contributed by atoms with Crippen molar-refractivity contribution in [2.24, 2.45) is 0 Å². The van der Waals surface area contributed by atoms with Crippen molar-refractivity contribution in [2.75, 3.05) is 26.2 Å². The van der Waals surface area contributed by atoms with E-state index in [1.54, 1.807) is 12.1 Å². The molecule has 2 aromatic carbocycles. The summed E-state index contributed by atoms with van der Waals surface area (Å²) in [6.07, 6.45) is 0.386. The Morgan fingerprint density at radius 3 is 2.26 bits per heavy atom. The summed E-state index contributed by atoms with van der Waals surface area (Å²) in [5, 5.41) is 0. The Kier molecular flexibility index (Phi) is 5.89. The minimum atomic E-state index is -0.272. The van der Waals surface area contributed by atoms with Crippen LogP contribution in [0.5, 0.6) is 0 Å². The number of benzene rings is 2. The fourth-order valence-electron chi connectivity index (χ4n) is 3.42. The van der Waals surface area contributed by atoms with Crippen LogP contribution in [0.15, 0.2) is 48.5 Å². The number of hydrogen-bond acceptors (Lipinski definition) is 2. The van der Waals surface area contributed by atoms with Crippen molar-refractivity contribution in [1.82, 2.24) is 9.80 Å². The van der Waals surface area contributed by atoms with Gasteiger partial charge in [-0.1, -0.05) is 36.8 Å². The van der Waals surface area contributed by atoms with E-state index in [0.717, 1.165) is 11.1 Å². The second-order valence-corrected chi connectivity index (χ2v) is 7.20. The maximum Gasteiger partial charge on any atom is 0.253 e. The first-order valence-corrected chi connectivity index (χ1v) is 9.33. The van der Waals surface area contributed by atoms with Crippen LogP contribution in [0, 0.1) is 12.7 Å². The van der Waals surface area contributed by atoms with E-state index in [1.165, 1.54) is 12.1 Å². The average molecular weight is 368 g/mol. The van der Waals surface area contributed by atoms with Gasteiger partial charge in [-0.05, 0) is 42.7 Å². The molecule has 1 fully saturated rings. The SMILES string of the molecule is Cc1cccc(C(=O)N2CCN(C(=O)CC(C)c3ccc(F)cc3)CC2)c1. The second-order valence-electron chi connectivity index (χ2n) is 7.20. The molecule has 0 bridgehead atoms. The van der Waals surface area contributed by atoms with Crippen LogP contribution in [0.1, 0.15) is 40.7 Å². The van der Waals surface area contributed by atoms with Crippen molar-refractivity contribution < 1.29 is 14.0 Å². The van der Waals surface area contributed by atoms with Crippen LogP contribution < -0.4 is 0 Å². The molecule has 0 spiro atoms. The number of halogens is 1. The van der Waals surface area contributed by atoms with E-state index in [1.807, 2.05) is 47.9 Å². The zero-order valence-electron chi connectivity index (χ0n) is 15.8. The molecule has 2 amide bonds. The molecule has 1 heterocycles. The first kappa shape index (κ1) is 19.1. The van der Waals surface area contributed by atoms with Crippen LogP contribution in [-0.2, 0) is 4.79 Å². The summed E-state index contributed by atoms with van der Waals surface area (Å²) in [5.41, 5.74) is 2.71. The van der Waals surface area contributed by atoms with Gasteiger partial charge in [-0.15, -0.1) is 0 Å². The van der Waals surface area contributed by atoms with Crippen LogP contribution in [0.25, 0.3) is 0 Å². The van der Waals surface area contributed by atoms with Crippen molar-refractivity contribution in [3.63, 3.8) is 0 Å². The highest BCUT2D eigenvalue weighted by Gasteiger charge is 2.25. The molecule has 0 N–H and O–H groups in total. The maximum atomic E-state index is 13.0. The van der Waals surface area contributed by atoms with Gasteiger partial charge < -0.3 is 9.80 Å². The van der Waals surface area contributed by atoms with Crippen LogP contribution in [0.2, 0.25) is 0 Å². The molecular formula is C22H25FN2O2. The van der Waals surface area contributed by atoms with Gasteiger partial charge in [0.15, 0.2) is 0 Å². The number of piperazine rings is 1. The molecule has 1 atom stereocenters. The molecule has 1 unspecified atom stereocenters. The van der Waals surface area contributed by atoms with E-state index in [9.17, 15) is 14.0 Å². The van der Waals surface area contributed by atoms with Gasteiger partial charge in [-0.2, -0.15) is 0 Å². The van der Waals surface area contributed by atoms with E-state index in [-0.39, 0.29) is 23.5 Å².